The van der Waals surface area contributed by atoms with Crippen LogP contribution < -0.4 is 14.8 Å². The zero-order valence-electron chi connectivity index (χ0n) is 12.1. The SMILES string of the molecule is COc1ccc(NC(=O)COC(=O)c2ccoc2)cc1OC. The van der Waals surface area contributed by atoms with Gasteiger partial charge in [0.2, 0.25) is 0 Å². The minimum Gasteiger partial charge on any atom is -0.493 e. The summed E-state index contributed by atoms with van der Waals surface area (Å²) in [6, 6.07) is 6.37. The predicted molar refractivity (Wildman–Crippen MR) is 77.2 cm³/mol. The molecule has 116 valence electrons. The Kier molecular flexibility index (Phi) is 5.02. The van der Waals surface area contributed by atoms with Gasteiger partial charge in [-0.3, -0.25) is 4.79 Å². The van der Waals surface area contributed by atoms with Gasteiger partial charge in [0.15, 0.2) is 18.1 Å². The number of hydrogen-bond donors (Lipinski definition) is 1. The molecule has 0 unspecified atom stereocenters. The highest BCUT2D eigenvalue weighted by atomic mass is 16.5. The van der Waals surface area contributed by atoms with Gasteiger partial charge in [0.05, 0.1) is 26.0 Å². The molecule has 0 bridgehead atoms. The third kappa shape index (κ3) is 3.78. The number of methoxy groups -OCH3 is 2. The van der Waals surface area contributed by atoms with E-state index in [1.807, 2.05) is 0 Å². The maximum atomic E-state index is 11.8. The first kappa shape index (κ1) is 15.4. The number of carbonyl (C=O) groups is 2. The largest absolute Gasteiger partial charge is 0.493 e. The van der Waals surface area contributed by atoms with E-state index in [-0.39, 0.29) is 5.56 Å². The molecule has 0 radical (unpaired) electrons. The van der Waals surface area contributed by atoms with Crippen molar-refractivity contribution in [2.75, 3.05) is 26.1 Å². The van der Waals surface area contributed by atoms with E-state index in [0.29, 0.717) is 17.2 Å². The van der Waals surface area contributed by atoms with E-state index in [0.717, 1.165) is 0 Å². The van der Waals surface area contributed by atoms with Crippen molar-refractivity contribution in [2.45, 2.75) is 0 Å². The van der Waals surface area contributed by atoms with Gasteiger partial charge in [-0.05, 0) is 18.2 Å². The number of furan rings is 1. The van der Waals surface area contributed by atoms with Crippen molar-refractivity contribution >= 4 is 17.6 Å². The minimum atomic E-state index is -0.629. The molecule has 1 amide bonds. The predicted octanol–water partition coefficient (Wildman–Crippen LogP) is 2.09. The third-order valence-corrected chi connectivity index (χ3v) is 2.76. The molecule has 1 aromatic heterocycles. The van der Waals surface area contributed by atoms with E-state index in [2.05, 4.69) is 5.32 Å². The van der Waals surface area contributed by atoms with Crippen LogP contribution in [0, 0.1) is 0 Å². The van der Waals surface area contributed by atoms with Crippen LogP contribution in [-0.2, 0) is 9.53 Å². The molecular weight excluding hydrogens is 290 g/mol. The monoisotopic (exact) mass is 305 g/mol. The highest BCUT2D eigenvalue weighted by Crippen LogP contribution is 2.29. The summed E-state index contributed by atoms with van der Waals surface area (Å²) in [5.41, 5.74) is 0.751. The summed E-state index contributed by atoms with van der Waals surface area (Å²) in [5, 5.41) is 2.59. The Balaban J connectivity index is 1.90. The maximum absolute atomic E-state index is 11.8. The summed E-state index contributed by atoms with van der Waals surface area (Å²) in [6.07, 6.45) is 2.59. The van der Waals surface area contributed by atoms with E-state index in [1.54, 1.807) is 18.2 Å². The normalized spacial score (nSPS) is 9.91. The van der Waals surface area contributed by atoms with Crippen LogP contribution in [0.25, 0.3) is 0 Å². The summed E-state index contributed by atoms with van der Waals surface area (Å²) in [5.74, 6) is -0.0668. The van der Waals surface area contributed by atoms with Crippen molar-refractivity contribution in [1.82, 2.24) is 0 Å². The van der Waals surface area contributed by atoms with E-state index < -0.39 is 18.5 Å². The zero-order valence-corrected chi connectivity index (χ0v) is 12.1. The molecule has 2 aromatic rings. The average Bonchev–Trinajstić information content (AvgIpc) is 3.07. The van der Waals surface area contributed by atoms with Gasteiger partial charge in [0.1, 0.15) is 6.26 Å². The summed E-state index contributed by atoms with van der Waals surface area (Å²) in [6.45, 7) is -0.404. The molecule has 0 aliphatic rings. The van der Waals surface area contributed by atoms with Gasteiger partial charge in [-0.15, -0.1) is 0 Å². The first-order valence-corrected chi connectivity index (χ1v) is 6.35. The number of carbonyl (C=O) groups excluding carboxylic acids is 2. The lowest BCUT2D eigenvalue weighted by atomic mass is 10.2. The van der Waals surface area contributed by atoms with Crippen LogP contribution in [0.15, 0.2) is 41.2 Å². The highest BCUT2D eigenvalue weighted by molar-refractivity contribution is 5.95. The first-order valence-electron chi connectivity index (χ1n) is 6.35. The van der Waals surface area contributed by atoms with Crippen molar-refractivity contribution in [3.8, 4) is 11.5 Å². The molecule has 0 saturated heterocycles. The Bertz CT molecular complexity index is 650. The van der Waals surface area contributed by atoms with Gasteiger partial charge in [-0.1, -0.05) is 0 Å². The number of ether oxygens (including phenoxy) is 3. The van der Waals surface area contributed by atoms with Gasteiger partial charge < -0.3 is 23.9 Å². The van der Waals surface area contributed by atoms with Crippen LogP contribution in [-0.4, -0.2) is 32.7 Å². The number of anilines is 1. The summed E-state index contributed by atoms with van der Waals surface area (Å²) >= 11 is 0. The Labute approximate surface area is 126 Å². The molecule has 0 atom stereocenters. The number of rotatable bonds is 6. The fourth-order valence-electron chi connectivity index (χ4n) is 1.71. The minimum absolute atomic E-state index is 0.249. The van der Waals surface area contributed by atoms with Crippen molar-refractivity contribution in [1.29, 1.82) is 0 Å². The lowest BCUT2D eigenvalue weighted by molar-refractivity contribution is -0.119. The number of hydrogen-bond acceptors (Lipinski definition) is 6. The van der Waals surface area contributed by atoms with Crippen LogP contribution in [0.3, 0.4) is 0 Å². The summed E-state index contributed by atoms with van der Waals surface area (Å²) in [7, 11) is 3.02. The number of esters is 1. The number of amides is 1. The van der Waals surface area contributed by atoms with Gasteiger partial charge in [0, 0.05) is 11.8 Å². The second-order valence-electron chi connectivity index (χ2n) is 4.21. The van der Waals surface area contributed by atoms with Crippen LogP contribution in [0.4, 0.5) is 5.69 Å². The summed E-state index contributed by atoms with van der Waals surface area (Å²) < 4.78 is 19.8. The Morgan fingerprint density at radius 2 is 1.91 bits per heavy atom. The standard InChI is InChI=1S/C15H15NO6/c1-19-12-4-3-11(7-13(12)20-2)16-14(17)9-22-15(18)10-5-6-21-8-10/h3-8H,9H2,1-2H3,(H,16,17). The maximum Gasteiger partial charge on any atom is 0.341 e. The van der Waals surface area contributed by atoms with Gasteiger partial charge in [-0.25, -0.2) is 4.79 Å². The average molecular weight is 305 g/mol. The van der Waals surface area contributed by atoms with Crippen molar-refractivity contribution in [3.05, 3.63) is 42.4 Å². The molecular formula is C15H15NO6. The molecule has 7 heteroatoms. The van der Waals surface area contributed by atoms with Crippen molar-refractivity contribution in [2.24, 2.45) is 0 Å². The molecule has 1 heterocycles. The summed E-state index contributed by atoms with van der Waals surface area (Å²) in [4.78, 5) is 23.3. The quantitative estimate of drug-likeness (QED) is 0.822. The topological polar surface area (TPSA) is 87.0 Å². The molecule has 0 aliphatic carbocycles. The van der Waals surface area contributed by atoms with E-state index >= 15 is 0 Å². The van der Waals surface area contributed by atoms with Gasteiger partial charge in [0.25, 0.3) is 5.91 Å². The van der Waals surface area contributed by atoms with Crippen molar-refractivity contribution in [3.63, 3.8) is 0 Å². The smallest absolute Gasteiger partial charge is 0.341 e. The molecule has 1 N–H and O–H groups in total. The molecule has 0 spiro atoms. The zero-order chi connectivity index (χ0) is 15.9. The fourth-order valence-corrected chi connectivity index (χ4v) is 1.71. The van der Waals surface area contributed by atoms with Crippen molar-refractivity contribution < 1.29 is 28.2 Å². The van der Waals surface area contributed by atoms with E-state index in [9.17, 15) is 9.59 Å². The van der Waals surface area contributed by atoms with Crippen LogP contribution in [0.2, 0.25) is 0 Å². The molecule has 0 fully saturated rings. The molecule has 7 nitrogen and oxygen atoms in total. The number of nitrogens with one attached hydrogen (secondary N) is 1. The van der Waals surface area contributed by atoms with E-state index in [4.69, 9.17) is 18.6 Å². The van der Waals surface area contributed by atoms with E-state index in [1.165, 1.54) is 32.8 Å². The molecule has 1 aromatic carbocycles. The molecule has 0 aliphatic heterocycles. The lowest BCUT2D eigenvalue weighted by Gasteiger charge is -2.10. The van der Waals surface area contributed by atoms with Crippen LogP contribution >= 0.6 is 0 Å². The first-order chi connectivity index (χ1) is 10.6. The molecule has 2 rings (SSSR count). The lowest BCUT2D eigenvalue weighted by Crippen LogP contribution is -2.20. The second kappa shape index (κ2) is 7.16. The highest BCUT2D eigenvalue weighted by Gasteiger charge is 2.12. The number of benzene rings is 1. The Morgan fingerprint density at radius 3 is 2.55 bits per heavy atom. The fraction of sp³-hybridized carbons (Fsp3) is 0.200. The van der Waals surface area contributed by atoms with Crippen LogP contribution in [0.1, 0.15) is 10.4 Å². The second-order valence-corrected chi connectivity index (χ2v) is 4.21. The van der Waals surface area contributed by atoms with Crippen LogP contribution in [0.5, 0.6) is 11.5 Å². The third-order valence-electron chi connectivity index (χ3n) is 2.76. The van der Waals surface area contributed by atoms with Gasteiger partial charge in [-0.2, -0.15) is 0 Å². The Hall–Kier alpha value is -2.96. The Morgan fingerprint density at radius 1 is 1.14 bits per heavy atom. The molecule has 22 heavy (non-hydrogen) atoms. The van der Waals surface area contributed by atoms with Gasteiger partial charge >= 0.3 is 5.97 Å². The molecule has 0 saturated carbocycles.